The maximum absolute atomic E-state index is 4.20. The molecule has 1 aliphatic rings. The smallest absolute Gasteiger partial charge is 0.0489 e. The molecule has 0 aliphatic heterocycles. The second-order valence-electron chi connectivity index (χ2n) is 4.75. The van der Waals surface area contributed by atoms with Crippen LogP contribution in [0.3, 0.4) is 0 Å². The van der Waals surface area contributed by atoms with Crippen LogP contribution in [0.5, 0.6) is 0 Å². The van der Waals surface area contributed by atoms with Crippen LogP contribution in [0.25, 0.3) is 0 Å². The summed E-state index contributed by atoms with van der Waals surface area (Å²) in [5.74, 6) is 0. The van der Waals surface area contributed by atoms with Crippen LogP contribution >= 0.6 is 0 Å². The molecule has 1 atom stereocenters. The van der Waals surface area contributed by atoms with Gasteiger partial charge in [-0.1, -0.05) is 25.0 Å². The van der Waals surface area contributed by atoms with E-state index in [4.69, 9.17) is 0 Å². The highest BCUT2D eigenvalue weighted by atomic mass is 15.3. The van der Waals surface area contributed by atoms with Crippen LogP contribution < -0.4 is 5.32 Å². The van der Waals surface area contributed by atoms with E-state index < -0.39 is 0 Å². The fourth-order valence-corrected chi connectivity index (χ4v) is 2.29. The number of nitrogens with zero attached hydrogens (tertiary/aromatic N) is 2. The van der Waals surface area contributed by atoms with Crippen molar-refractivity contribution < 1.29 is 0 Å². The second kappa shape index (κ2) is 7.28. The van der Waals surface area contributed by atoms with Gasteiger partial charge >= 0.3 is 0 Å². The summed E-state index contributed by atoms with van der Waals surface area (Å²) in [5.41, 5.74) is 0. The minimum Gasteiger partial charge on any atom is -0.310 e. The summed E-state index contributed by atoms with van der Waals surface area (Å²) < 4.78 is 2.00. The van der Waals surface area contributed by atoms with Crippen molar-refractivity contribution >= 4 is 0 Å². The van der Waals surface area contributed by atoms with Crippen molar-refractivity contribution in [2.75, 3.05) is 6.54 Å². The van der Waals surface area contributed by atoms with Gasteiger partial charge in [0.2, 0.25) is 0 Å². The van der Waals surface area contributed by atoms with E-state index in [1.54, 1.807) is 0 Å². The molecular formula is C14H23N3. The first-order chi connectivity index (χ1) is 8.45. The molecule has 0 fully saturated rings. The molecule has 3 heteroatoms. The monoisotopic (exact) mass is 233 g/mol. The highest BCUT2D eigenvalue weighted by Crippen LogP contribution is 2.11. The van der Waals surface area contributed by atoms with Gasteiger partial charge in [0.25, 0.3) is 0 Å². The van der Waals surface area contributed by atoms with Gasteiger partial charge in [0.05, 0.1) is 0 Å². The molecular weight excluding hydrogens is 210 g/mol. The Balaban J connectivity index is 1.61. The van der Waals surface area contributed by atoms with Gasteiger partial charge in [0.1, 0.15) is 0 Å². The molecule has 0 saturated heterocycles. The third-order valence-corrected chi connectivity index (χ3v) is 3.28. The third kappa shape index (κ3) is 4.73. The van der Waals surface area contributed by atoms with Crippen LogP contribution in [0.1, 0.15) is 38.5 Å². The first-order valence-electron chi connectivity index (χ1n) is 6.82. The molecule has 1 N–H and O–H groups in total. The van der Waals surface area contributed by atoms with Crippen LogP contribution in [-0.2, 0) is 6.54 Å². The average molecular weight is 233 g/mol. The summed E-state index contributed by atoms with van der Waals surface area (Å²) in [6, 6.07) is 2.57. The maximum Gasteiger partial charge on any atom is 0.0489 e. The number of rotatable bonds is 5. The number of allylic oxidation sites excluding steroid dienone is 1. The molecule has 1 aromatic rings. The van der Waals surface area contributed by atoms with Crippen molar-refractivity contribution in [3.63, 3.8) is 0 Å². The maximum atomic E-state index is 4.20. The Morgan fingerprint density at radius 2 is 2.29 bits per heavy atom. The fraction of sp³-hybridized carbons (Fsp3) is 0.643. The molecule has 1 aliphatic carbocycles. The van der Waals surface area contributed by atoms with Gasteiger partial charge in [-0.2, -0.15) is 5.10 Å². The van der Waals surface area contributed by atoms with Crippen molar-refractivity contribution in [3.05, 3.63) is 30.6 Å². The third-order valence-electron chi connectivity index (χ3n) is 3.28. The van der Waals surface area contributed by atoms with Crippen molar-refractivity contribution in [2.45, 2.75) is 51.1 Å². The summed E-state index contributed by atoms with van der Waals surface area (Å²) >= 11 is 0. The van der Waals surface area contributed by atoms with Crippen LogP contribution in [0.15, 0.2) is 30.6 Å². The van der Waals surface area contributed by atoms with Gasteiger partial charge in [0, 0.05) is 25.0 Å². The van der Waals surface area contributed by atoms with Crippen LogP contribution in [0, 0.1) is 0 Å². The molecule has 3 nitrogen and oxygen atoms in total. The summed E-state index contributed by atoms with van der Waals surface area (Å²) in [6.45, 7) is 2.09. The van der Waals surface area contributed by atoms with Gasteiger partial charge in [-0.3, -0.25) is 4.68 Å². The molecule has 2 rings (SSSR count). The minimum atomic E-state index is 0.591. The van der Waals surface area contributed by atoms with E-state index in [9.17, 15) is 0 Å². The number of aryl methyl sites for hydroxylation is 1. The van der Waals surface area contributed by atoms with Crippen LogP contribution in [-0.4, -0.2) is 22.4 Å². The summed E-state index contributed by atoms with van der Waals surface area (Å²) in [7, 11) is 0. The van der Waals surface area contributed by atoms with Gasteiger partial charge in [0.15, 0.2) is 0 Å². The largest absolute Gasteiger partial charge is 0.310 e. The zero-order chi connectivity index (χ0) is 11.8. The van der Waals surface area contributed by atoms with E-state index in [0.29, 0.717) is 6.04 Å². The Hall–Kier alpha value is -1.09. The normalized spacial score (nSPS) is 22.9. The molecule has 94 valence electrons. The van der Waals surface area contributed by atoms with Gasteiger partial charge < -0.3 is 5.32 Å². The molecule has 0 saturated carbocycles. The average Bonchev–Trinajstić information content (AvgIpc) is 2.79. The fourth-order valence-electron chi connectivity index (χ4n) is 2.29. The molecule has 0 amide bonds. The van der Waals surface area contributed by atoms with E-state index >= 15 is 0 Å². The van der Waals surface area contributed by atoms with Gasteiger partial charge in [-0.15, -0.1) is 0 Å². The topological polar surface area (TPSA) is 29.9 Å². The highest BCUT2D eigenvalue weighted by Gasteiger charge is 2.05. The SMILES string of the molecule is C1=C/C(NCCCn2cccn2)CCCCC/1. The van der Waals surface area contributed by atoms with Crippen molar-refractivity contribution in [1.29, 1.82) is 0 Å². The highest BCUT2D eigenvalue weighted by molar-refractivity contribution is 4.94. The van der Waals surface area contributed by atoms with Gasteiger partial charge in [-0.25, -0.2) is 0 Å². The molecule has 1 heterocycles. The molecule has 0 bridgehead atoms. The quantitative estimate of drug-likeness (QED) is 0.626. The van der Waals surface area contributed by atoms with Crippen molar-refractivity contribution in [2.24, 2.45) is 0 Å². The lowest BCUT2D eigenvalue weighted by atomic mass is 10.0. The van der Waals surface area contributed by atoms with Crippen LogP contribution in [0.4, 0.5) is 0 Å². The Morgan fingerprint density at radius 1 is 1.29 bits per heavy atom. The zero-order valence-electron chi connectivity index (χ0n) is 10.5. The number of aromatic nitrogens is 2. The molecule has 0 aromatic carbocycles. The van der Waals surface area contributed by atoms with Crippen molar-refractivity contribution in [1.82, 2.24) is 15.1 Å². The number of nitrogens with one attached hydrogen (secondary N) is 1. The standard InChI is InChI=1S/C14H23N3/c1-2-4-8-14(9-5-3-1)15-10-6-12-17-13-7-11-16-17/h4,7-8,11,13-15H,1-3,5-6,9-10,12H2/b8-4+. The summed E-state index contributed by atoms with van der Waals surface area (Å²) in [6.07, 6.45) is 16.4. The second-order valence-corrected chi connectivity index (χ2v) is 4.75. The minimum absolute atomic E-state index is 0.591. The Kier molecular flexibility index (Phi) is 5.30. The van der Waals surface area contributed by atoms with E-state index in [-0.39, 0.29) is 0 Å². The van der Waals surface area contributed by atoms with Crippen molar-refractivity contribution in [3.8, 4) is 0 Å². The number of hydrogen-bond acceptors (Lipinski definition) is 2. The molecule has 0 radical (unpaired) electrons. The van der Waals surface area contributed by atoms with E-state index in [0.717, 1.165) is 19.5 Å². The number of hydrogen-bond donors (Lipinski definition) is 1. The Morgan fingerprint density at radius 3 is 3.18 bits per heavy atom. The van der Waals surface area contributed by atoms with Crippen LogP contribution in [0.2, 0.25) is 0 Å². The lowest BCUT2D eigenvalue weighted by molar-refractivity contribution is 0.480. The molecule has 0 spiro atoms. The van der Waals surface area contributed by atoms with E-state index in [2.05, 4.69) is 22.6 Å². The van der Waals surface area contributed by atoms with E-state index in [1.807, 2.05) is 23.1 Å². The first-order valence-corrected chi connectivity index (χ1v) is 6.82. The van der Waals surface area contributed by atoms with Gasteiger partial charge in [-0.05, 0) is 38.3 Å². The zero-order valence-corrected chi connectivity index (χ0v) is 10.5. The Labute approximate surface area is 104 Å². The van der Waals surface area contributed by atoms with E-state index in [1.165, 1.54) is 32.1 Å². The summed E-state index contributed by atoms with van der Waals surface area (Å²) in [5, 5.41) is 7.83. The lowest BCUT2D eigenvalue weighted by Gasteiger charge is -2.16. The molecule has 1 unspecified atom stereocenters. The first kappa shape index (κ1) is 12.4. The Bertz CT molecular complexity index is 316. The predicted octanol–water partition coefficient (Wildman–Crippen LogP) is 2.75. The summed E-state index contributed by atoms with van der Waals surface area (Å²) in [4.78, 5) is 0. The lowest BCUT2D eigenvalue weighted by Crippen LogP contribution is -2.29. The molecule has 1 aromatic heterocycles. The predicted molar refractivity (Wildman–Crippen MR) is 70.9 cm³/mol. The molecule has 17 heavy (non-hydrogen) atoms.